The van der Waals surface area contributed by atoms with Crippen molar-refractivity contribution in [2.45, 2.75) is 0 Å². The molecule has 0 atom stereocenters. The van der Waals surface area contributed by atoms with Crippen LogP contribution in [-0.4, -0.2) is 29.5 Å². The van der Waals surface area contributed by atoms with Gasteiger partial charge >= 0.3 is 0 Å². The van der Waals surface area contributed by atoms with Gasteiger partial charge in [0.05, 0.1) is 22.4 Å². The van der Waals surface area contributed by atoms with Crippen molar-refractivity contribution in [3.8, 4) is 73.8 Å². The summed E-state index contributed by atoms with van der Waals surface area (Å²) in [6.07, 6.45) is 0. The van der Waals surface area contributed by atoms with Gasteiger partial charge in [-0.25, -0.2) is 24.9 Å². The minimum atomic E-state index is 0.598. The molecule has 12 aromatic rings. The zero-order chi connectivity index (χ0) is 41.0. The van der Waals surface area contributed by atoms with E-state index in [-0.39, 0.29) is 0 Å². The monoisotopic (exact) mass is 794 g/mol. The standard InChI is InChI=1S/C55H34N6O/c1-5-17-35(18-6-1)45-34-46(57-52(56-45)36-19-7-2-8-20-36)44-33-43-41-25-14-16-28-48(41)62-51(43)50-49(44)42-26-13-15-27-47(42)61(50)40-31-29-39(30-32-40)55-59-53(37-21-9-3-10-22-37)58-54(60-55)38-23-11-4-12-24-38/h1-34H. The fraction of sp³-hybridized carbons (Fsp3) is 0. The number of benzene rings is 8. The lowest BCUT2D eigenvalue weighted by molar-refractivity contribution is 0.671. The highest BCUT2D eigenvalue weighted by atomic mass is 16.3. The minimum absolute atomic E-state index is 0.598. The van der Waals surface area contributed by atoms with Gasteiger partial charge in [-0.05, 0) is 48.5 Å². The molecule has 0 radical (unpaired) electrons. The summed E-state index contributed by atoms with van der Waals surface area (Å²) in [5.74, 6) is 2.50. The molecule has 0 aliphatic carbocycles. The van der Waals surface area contributed by atoms with Gasteiger partial charge in [0.15, 0.2) is 28.9 Å². The summed E-state index contributed by atoms with van der Waals surface area (Å²) in [5.41, 5.74) is 12.0. The number of fused-ring (bicyclic) bond motifs is 7. The van der Waals surface area contributed by atoms with E-state index in [1.807, 2.05) is 109 Å². The van der Waals surface area contributed by atoms with E-state index in [1.54, 1.807) is 0 Å². The van der Waals surface area contributed by atoms with Crippen LogP contribution in [0.1, 0.15) is 0 Å². The third-order valence-corrected chi connectivity index (χ3v) is 11.5. The molecule has 0 N–H and O–H groups in total. The quantitative estimate of drug-likeness (QED) is 0.160. The summed E-state index contributed by atoms with van der Waals surface area (Å²) >= 11 is 0. The molecule has 0 spiro atoms. The lowest BCUT2D eigenvalue weighted by Crippen LogP contribution is -2.00. The predicted octanol–water partition coefficient (Wildman–Crippen LogP) is 13.7. The van der Waals surface area contributed by atoms with Crippen LogP contribution in [-0.2, 0) is 0 Å². The van der Waals surface area contributed by atoms with Gasteiger partial charge in [-0.2, -0.15) is 0 Å². The second-order valence-corrected chi connectivity index (χ2v) is 15.3. The number of aromatic nitrogens is 6. The van der Waals surface area contributed by atoms with Gasteiger partial charge in [0, 0.05) is 60.6 Å². The van der Waals surface area contributed by atoms with E-state index in [0.717, 1.165) is 94.2 Å². The first-order valence-electron chi connectivity index (χ1n) is 20.6. The molecule has 62 heavy (non-hydrogen) atoms. The Morgan fingerprint density at radius 1 is 0.355 bits per heavy atom. The Hall–Kier alpha value is -8.55. The predicted molar refractivity (Wildman–Crippen MR) is 250 cm³/mol. The smallest absolute Gasteiger partial charge is 0.164 e. The Morgan fingerprint density at radius 3 is 1.42 bits per heavy atom. The molecule has 0 bridgehead atoms. The van der Waals surface area contributed by atoms with Gasteiger partial charge in [-0.1, -0.05) is 158 Å². The van der Waals surface area contributed by atoms with Crippen molar-refractivity contribution in [2.75, 3.05) is 0 Å². The second-order valence-electron chi connectivity index (χ2n) is 15.3. The molecule has 4 aromatic heterocycles. The lowest BCUT2D eigenvalue weighted by Gasteiger charge is -2.12. The van der Waals surface area contributed by atoms with Gasteiger partial charge in [0.2, 0.25) is 0 Å². The fourth-order valence-electron chi connectivity index (χ4n) is 8.55. The van der Waals surface area contributed by atoms with Crippen LogP contribution in [0.4, 0.5) is 0 Å². The highest BCUT2D eigenvalue weighted by Gasteiger charge is 2.24. The maximum absolute atomic E-state index is 6.86. The molecule has 290 valence electrons. The Kier molecular flexibility index (Phi) is 8.35. The molecule has 0 unspecified atom stereocenters. The van der Waals surface area contributed by atoms with Gasteiger partial charge < -0.3 is 8.98 Å². The minimum Gasteiger partial charge on any atom is -0.454 e. The van der Waals surface area contributed by atoms with Gasteiger partial charge in [-0.3, -0.25) is 0 Å². The van der Waals surface area contributed by atoms with Crippen molar-refractivity contribution in [3.05, 3.63) is 206 Å². The molecule has 0 fully saturated rings. The Bertz CT molecular complexity index is 3490. The van der Waals surface area contributed by atoms with E-state index < -0.39 is 0 Å². The van der Waals surface area contributed by atoms with Crippen LogP contribution >= 0.6 is 0 Å². The maximum atomic E-state index is 6.86. The van der Waals surface area contributed by atoms with Crippen molar-refractivity contribution in [3.63, 3.8) is 0 Å². The van der Waals surface area contributed by atoms with Crippen LogP contribution in [0, 0.1) is 0 Å². The first kappa shape index (κ1) is 35.4. The highest BCUT2D eigenvalue weighted by Crippen LogP contribution is 2.46. The number of hydrogen-bond donors (Lipinski definition) is 0. The van der Waals surface area contributed by atoms with E-state index in [9.17, 15) is 0 Å². The molecule has 0 aliphatic rings. The molecule has 4 heterocycles. The summed E-state index contributed by atoms with van der Waals surface area (Å²) in [5, 5.41) is 4.18. The van der Waals surface area contributed by atoms with E-state index in [4.69, 9.17) is 29.3 Å². The molecule has 12 rings (SSSR count). The summed E-state index contributed by atoms with van der Waals surface area (Å²) in [6, 6.07) is 70.3. The summed E-state index contributed by atoms with van der Waals surface area (Å²) < 4.78 is 9.18. The zero-order valence-corrected chi connectivity index (χ0v) is 33.2. The fourth-order valence-corrected chi connectivity index (χ4v) is 8.55. The molecule has 0 saturated carbocycles. The molecular formula is C55H34N6O. The first-order chi connectivity index (χ1) is 30.7. The Morgan fingerprint density at radius 2 is 0.823 bits per heavy atom. The van der Waals surface area contributed by atoms with Crippen molar-refractivity contribution in [1.29, 1.82) is 0 Å². The second kappa shape index (κ2) is 14.6. The van der Waals surface area contributed by atoms with Crippen LogP contribution < -0.4 is 0 Å². The van der Waals surface area contributed by atoms with E-state index in [0.29, 0.717) is 23.3 Å². The van der Waals surface area contributed by atoms with Crippen LogP contribution in [0.5, 0.6) is 0 Å². The largest absolute Gasteiger partial charge is 0.454 e. The summed E-state index contributed by atoms with van der Waals surface area (Å²) in [6.45, 7) is 0. The van der Waals surface area contributed by atoms with Gasteiger partial charge in [-0.15, -0.1) is 0 Å². The molecule has 8 aromatic carbocycles. The van der Waals surface area contributed by atoms with E-state index in [2.05, 4.69) is 102 Å². The van der Waals surface area contributed by atoms with Gasteiger partial charge in [0.1, 0.15) is 5.58 Å². The van der Waals surface area contributed by atoms with Crippen molar-refractivity contribution < 1.29 is 4.42 Å². The average molecular weight is 795 g/mol. The van der Waals surface area contributed by atoms with E-state index in [1.165, 1.54) is 0 Å². The van der Waals surface area contributed by atoms with Crippen LogP contribution in [0.25, 0.3) is 117 Å². The molecule has 7 nitrogen and oxygen atoms in total. The third kappa shape index (κ3) is 6.02. The molecule has 0 amide bonds. The maximum Gasteiger partial charge on any atom is 0.164 e. The topological polar surface area (TPSA) is 82.5 Å². The molecule has 7 heteroatoms. The highest BCUT2D eigenvalue weighted by molar-refractivity contribution is 6.26. The third-order valence-electron chi connectivity index (χ3n) is 11.5. The normalized spacial score (nSPS) is 11.5. The van der Waals surface area contributed by atoms with Crippen molar-refractivity contribution >= 4 is 43.7 Å². The number of hydrogen-bond acceptors (Lipinski definition) is 6. The van der Waals surface area contributed by atoms with Crippen LogP contribution in [0.3, 0.4) is 0 Å². The van der Waals surface area contributed by atoms with Crippen molar-refractivity contribution in [2.24, 2.45) is 0 Å². The number of para-hydroxylation sites is 2. The number of rotatable bonds is 7. The van der Waals surface area contributed by atoms with Crippen LogP contribution in [0.2, 0.25) is 0 Å². The molecule has 0 aliphatic heterocycles. The molecule has 0 saturated heterocycles. The van der Waals surface area contributed by atoms with Crippen molar-refractivity contribution in [1.82, 2.24) is 29.5 Å². The SMILES string of the molecule is c1ccc(-c2cc(-c3cc4c5ccccc5oc4c4c3c3ccccc3n4-c3ccc(-c4nc(-c5ccccc5)nc(-c5ccccc5)n4)cc3)nc(-c3ccccc3)n2)cc1. The lowest BCUT2D eigenvalue weighted by atomic mass is 9.98. The zero-order valence-electron chi connectivity index (χ0n) is 33.2. The Labute approximate surface area is 356 Å². The first-order valence-corrected chi connectivity index (χ1v) is 20.6. The summed E-state index contributed by atoms with van der Waals surface area (Å²) in [7, 11) is 0. The summed E-state index contributed by atoms with van der Waals surface area (Å²) in [4.78, 5) is 25.4. The Balaban J connectivity index is 1.10. The number of furan rings is 1. The van der Waals surface area contributed by atoms with E-state index >= 15 is 0 Å². The van der Waals surface area contributed by atoms with Crippen LogP contribution in [0.15, 0.2) is 211 Å². The van der Waals surface area contributed by atoms with Gasteiger partial charge in [0.25, 0.3) is 0 Å². The average Bonchev–Trinajstić information content (AvgIpc) is 3.91. The molecular weight excluding hydrogens is 761 g/mol. The number of nitrogens with zero attached hydrogens (tertiary/aromatic N) is 6.